The lowest BCUT2D eigenvalue weighted by Crippen LogP contribution is -2.49. The van der Waals surface area contributed by atoms with Crippen molar-refractivity contribution < 1.29 is 38.4 Å². The van der Waals surface area contributed by atoms with E-state index in [9.17, 15) is 19.5 Å². The highest BCUT2D eigenvalue weighted by molar-refractivity contribution is 5.70. The number of carbonyl (C=O) groups is 3. The van der Waals surface area contributed by atoms with Crippen molar-refractivity contribution in [1.82, 2.24) is 4.90 Å². The van der Waals surface area contributed by atoms with Gasteiger partial charge in [0.05, 0.1) is 18.3 Å². The molecule has 0 aromatic rings. The van der Waals surface area contributed by atoms with Crippen LogP contribution >= 0.6 is 0 Å². The second-order valence-electron chi connectivity index (χ2n) is 14.2. The summed E-state index contributed by atoms with van der Waals surface area (Å²) in [7, 11) is 0. The lowest BCUT2D eigenvalue weighted by Gasteiger charge is -2.38. The van der Waals surface area contributed by atoms with Crippen molar-refractivity contribution in [3.05, 3.63) is 36.0 Å². The second kappa shape index (κ2) is 17.5. The Bertz CT molecular complexity index is 1110. The number of likely N-dealkylation sites (tertiary alicyclic amines) is 1. The van der Waals surface area contributed by atoms with Crippen LogP contribution in [0.3, 0.4) is 0 Å². The molecule has 3 rings (SSSR count). The molecule has 0 spiro atoms. The summed E-state index contributed by atoms with van der Waals surface area (Å²) in [6.45, 7) is 16.6. The minimum atomic E-state index is -1.11. The van der Waals surface area contributed by atoms with Crippen LogP contribution in [-0.2, 0) is 28.5 Å². The van der Waals surface area contributed by atoms with Crippen LogP contribution in [0, 0.1) is 23.7 Å². The van der Waals surface area contributed by atoms with Crippen molar-refractivity contribution in [2.45, 2.75) is 143 Å². The fourth-order valence-electron chi connectivity index (χ4n) is 6.58. The predicted octanol–water partition coefficient (Wildman–Crippen LogP) is 6.93. The van der Waals surface area contributed by atoms with E-state index in [1.54, 1.807) is 11.0 Å². The predicted molar refractivity (Wildman–Crippen MR) is 178 cm³/mol. The summed E-state index contributed by atoms with van der Waals surface area (Å²) in [5.74, 6) is -0.601. The Morgan fingerprint density at radius 3 is 2.50 bits per heavy atom. The summed E-state index contributed by atoms with van der Waals surface area (Å²) >= 11 is 0. The van der Waals surface area contributed by atoms with E-state index in [0.717, 1.165) is 37.7 Å². The highest BCUT2D eigenvalue weighted by atomic mass is 16.6. The van der Waals surface area contributed by atoms with Crippen LogP contribution in [0.1, 0.15) is 107 Å². The lowest BCUT2D eigenvalue weighted by atomic mass is 9.86. The summed E-state index contributed by atoms with van der Waals surface area (Å²) in [5.41, 5.74) is -0.216. The number of piperidine rings is 1. The third kappa shape index (κ3) is 11.3. The average molecular weight is 646 g/mol. The molecule has 3 aliphatic heterocycles. The number of allylic oxidation sites excluding steroid dienone is 3. The molecule has 9 heteroatoms. The van der Waals surface area contributed by atoms with Gasteiger partial charge in [0.2, 0.25) is 0 Å². The monoisotopic (exact) mass is 645 g/mol. The standard InChI is InChI=1S/C37H59NO8/c1-9-30(40)28(6)35-31(44-35)22-24(2)14-13-15-26(4)34-27(5)16-17-32(43-29(7)39)37(8,19-18-25(3)23-33(41)45-34)46-36(42)38-20-11-10-12-21-38/h13-17,24-25,27-28,30-32,34-35,40H,9-12,18-23H2,1-8H3/b14-13+,17-16+,26-15+/t24-,25-,27+,28-,30+,31-,32+,34-,35-,37-/m1/s1. The molecule has 1 amide bonds. The minimum absolute atomic E-state index is 0.0301. The van der Waals surface area contributed by atoms with Gasteiger partial charge in [-0.2, -0.15) is 0 Å². The van der Waals surface area contributed by atoms with Gasteiger partial charge < -0.3 is 29.0 Å². The summed E-state index contributed by atoms with van der Waals surface area (Å²) in [6.07, 6.45) is 13.8. The Hall–Kier alpha value is -2.65. The molecule has 46 heavy (non-hydrogen) atoms. The number of cyclic esters (lactones) is 1. The van der Waals surface area contributed by atoms with Gasteiger partial charge in [0.1, 0.15) is 6.10 Å². The van der Waals surface area contributed by atoms with Crippen LogP contribution in [0.2, 0.25) is 0 Å². The molecule has 10 atom stereocenters. The maximum Gasteiger partial charge on any atom is 0.410 e. The fourth-order valence-corrected chi connectivity index (χ4v) is 6.58. The molecular formula is C37H59NO8. The van der Waals surface area contributed by atoms with Gasteiger partial charge in [-0.1, -0.05) is 58.9 Å². The molecule has 260 valence electrons. The zero-order valence-corrected chi connectivity index (χ0v) is 29.4. The highest BCUT2D eigenvalue weighted by Gasteiger charge is 2.45. The van der Waals surface area contributed by atoms with Crippen molar-refractivity contribution in [1.29, 1.82) is 0 Å². The van der Waals surface area contributed by atoms with Gasteiger partial charge in [0, 0.05) is 38.3 Å². The van der Waals surface area contributed by atoms with Crippen LogP contribution < -0.4 is 0 Å². The van der Waals surface area contributed by atoms with Crippen molar-refractivity contribution in [2.75, 3.05) is 13.1 Å². The Morgan fingerprint density at radius 2 is 1.85 bits per heavy atom. The SMILES string of the molecule is CC[C@H](O)[C@@H](C)[C@H]1O[C@@H]1C[C@H](C)/C=C/C=C(\C)[C@H]1OC(=O)C[C@H](C)CC[C@@](C)(OC(=O)N2CCCCC2)[C@@H](OC(C)=O)/C=C/[C@@H]1C. The number of rotatable bonds is 10. The maximum absolute atomic E-state index is 13.2. The molecule has 0 radical (unpaired) electrons. The van der Waals surface area contributed by atoms with Crippen molar-refractivity contribution in [3.63, 3.8) is 0 Å². The first kappa shape index (κ1) is 37.8. The van der Waals surface area contributed by atoms with Gasteiger partial charge in [-0.15, -0.1) is 0 Å². The van der Waals surface area contributed by atoms with Gasteiger partial charge in [0.15, 0.2) is 11.7 Å². The third-order valence-electron chi connectivity index (χ3n) is 9.82. The van der Waals surface area contributed by atoms with Crippen LogP contribution in [0.25, 0.3) is 0 Å². The first-order chi connectivity index (χ1) is 21.7. The van der Waals surface area contributed by atoms with E-state index in [1.807, 2.05) is 59.8 Å². The quantitative estimate of drug-likeness (QED) is 0.0895. The van der Waals surface area contributed by atoms with E-state index >= 15 is 0 Å². The van der Waals surface area contributed by atoms with Gasteiger partial charge >= 0.3 is 18.0 Å². The number of carbonyl (C=O) groups excluding carboxylic acids is 3. The minimum Gasteiger partial charge on any atom is -0.457 e. The number of nitrogens with zero attached hydrogens (tertiary/aromatic N) is 1. The van der Waals surface area contributed by atoms with Crippen molar-refractivity contribution >= 4 is 18.0 Å². The van der Waals surface area contributed by atoms with E-state index in [4.69, 9.17) is 18.9 Å². The number of ether oxygens (including phenoxy) is 4. The van der Waals surface area contributed by atoms with Gasteiger partial charge in [-0.05, 0) is 82.3 Å². The molecular weight excluding hydrogens is 586 g/mol. The summed E-state index contributed by atoms with van der Waals surface area (Å²) < 4.78 is 23.9. The Kier molecular flexibility index (Phi) is 14.4. The smallest absolute Gasteiger partial charge is 0.410 e. The fraction of sp³-hybridized carbons (Fsp3) is 0.757. The Balaban J connectivity index is 1.77. The highest BCUT2D eigenvalue weighted by Crippen LogP contribution is 2.37. The van der Waals surface area contributed by atoms with Gasteiger partial charge in [-0.3, -0.25) is 9.59 Å². The number of esters is 2. The maximum atomic E-state index is 13.2. The molecule has 2 saturated heterocycles. The molecule has 0 saturated carbocycles. The third-order valence-corrected chi connectivity index (χ3v) is 9.82. The molecule has 3 heterocycles. The summed E-state index contributed by atoms with van der Waals surface area (Å²) in [5, 5.41) is 10.1. The van der Waals surface area contributed by atoms with Gasteiger partial charge in [-0.25, -0.2) is 4.79 Å². The topological polar surface area (TPSA) is 115 Å². The molecule has 0 aliphatic carbocycles. The number of hydrogen-bond donors (Lipinski definition) is 1. The molecule has 2 fully saturated rings. The number of amides is 1. The van der Waals surface area contributed by atoms with Crippen LogP contribution in [0.15, 0.2) is 36.0 Å². The lowest BCUT2D eigenvalue weighted by molar-refractivity contribution is -0.158. The van der Waals surface area contributed by atoms with E-state index in [0.29, 0.717) is 25.9 Å². The number of epoxide rings is 1. The second-order valence-corrected chi connectivity index (χ2v) is 14.2. The number of aliphatic hydroxyl groups is 1. The molecule has 1 N–H and O–H groups in total. The van der Waals surface area contributed by atoms with E-state index < -0.39 is 29.9 Å². The molecule has 0 aromatic carbocycles. The van der Waals surface area contributed by atoms with Crippen molar-refractivity contribution in [2.24, 2.45) is 23.7 Å². The molecule has 9 nitrogen and oxygen atoms in total. The largest absolute Gasteiger partial charge is 0.457 e. The number of aliphatic hydroxyl groups excluding tert-OH is 1. The molecule has 0 bridgehead atoms. The van der Waals surface area contributed by atoms with Crippen molar-refractivity contribution in [3.8, 4) is 0 Å². The summed E-state index contributed by atoms with van der Waals surface area (Å²) in [6, 6.07) is 0. The zero-order valence-electron chi connectivity index (χ0n) is 29.4. The first-order valence-corrected chi connectivity index (χ1v) is 17.5. The summed E-state index contributed by atoms with van der Waals surface area (Å²) in [4.78, 5) is 40.3. The molecule has 0 aromatic heterocycles. The van der Waals surface area contributed by atoms with E-state index in [1.165, 1.54) is 6.92 Å². The Morgan fingerprint density at radius 1 is 1.15 bits per heavy atom. The molecule has 0 unspecified atom stereocenters. The zero-order chi connectivity index (χ0) is 34.0. The first-order valence-electron chi connectivity index (χ1n) is 17.5. The van der Waals surface area contributed by atoms with Crippen LogP contribution in [0.4, 0.5) is 4.79 Å². The van der Waals surface area contributed by atoms with Crippen LogP contribution in [0.5, 0.6) is 0 Å². The van der Waals surface area contributed by atoms with E-state index in [2.05, 4.69) is 13.0 Å². The van der Waals surface area contributed by atoms with E-state index in [-0.39, 0.29) is 54.4 Å². The van der Waals surface area contributed by atoms with Crippen LogP contribution in [-0.4, -0.2) is 77.2 Å². The normalized spacial score (nSPS) is 34.0. The van der Waals surface area contributed by atoms with Gasteiger partial charge in [0.25, 0.3) is 0 Å². The Labute approximate surface area is 276 Å². The molecule has 3 aliphatic rings. The number of hydrogen-bond acceptors (Lipinski definition) is 8. The average Bonchev–Trinajstić information content (AvgIpc) is 3.78.